The van der Waals surface area contributed by atoms with E-state index in [9.17, 15) is 9.59 Å². The summed E-state index contributed by atoms with van der Waals surface area (Å²) in [5, 5.41) is 5.48. The van der Waals surface area contributed by atoms with Gasteiger partial charge in [-0.2, -0.15) is 0 Å². The number of ether oxygens (including phenoxy) is 1. The van der Waals surface area contributed by atoms with Crippen molar-refractivity contribution in [3.63, 3.8) is 0 Å². The van der Waals surface area contributed by atoms with Crippen molar-refractivity contribution < 1.29 is 14.3 Å². The molecular formula is C21H27N3O3. The molecule has 6 nitrogen and oxygen atoms in total. The molecule has 6 heteroatoms. The van der Waals surface area contributed by atoms with Gasteiger partial charge in [0.05, 0.1) is 6.54 Å². The lowest BCUT2D eigenvalue weighted by Crippen LogP contribution is -2.32. The fraction of sp³-hybridized carbons (Fsp3) is 0.333. The zero-order valence-corrected chi connectivity index (χ0v) is 16.1. The monoisotopic (exact) mass is 369 g/mol. The van der Waals surface area contributed by atoms with E-state index in [1.165, 1.54) is 5.56 Å². The maximum atomic E-state index is 12.3. The van der Waals surface area contributed by atoms with Crippen LogP contribution in [0.5, 0.6) is 5.75 Å². The summed E-state index contributed by atoms with van der Waals surface area (Å²) >= 11 is 0. The van der Waals surface area contributed by atoms with E-state index in [1.807, 2.05) is 45.0 Å². The molecule has 0 unspecified atom stereocenters. The van der Waals surface area contributed by atoms with Gasteiger partial charge < -0.3 is 20.3 Å². The van der Waals surface area contributed by atoms with Crippen molar-refractivity contribution in [2.75, 3.05) is 31.6 Å². The van der Waals surface area contributed by atoms with Gasteiger partial charge in [-0.1, -0.05) is 17.7 Å². The Morgan fingerprint density at radius 3 is 2.19 bits per heavy atom. The van der Waals surface area contributed by atoms with Gasteiger partial charge in [0.15, 0.2) is 0 Å². The summed E-state index contributed by atoms with van der Waals surface area (Å²) in [6, 6.07) is 14.3. The Labute approximate surface area is 160 Å². The predicted molar refractivity (Wildman–Crippen MR) is 107 cm³/mol. The summed E-state index contributed by atoms with van der Waals surface area (Å²) in [5.74, 6) is 0.764. The molecule has 2 aromatic carbocycles. The third-order valence-electron chi connectivity index (χ3n) is 4.12. The molecule has 3 amide bonds. The van der Waals surface area contributed by atoms with Crippen LogP contribution in [0.4, 0.5) is 10.5 Å². The van der Waals surface area contributed by atoms with Crippen LogP contribution in [0.15, 0.2) is 48.5 Å². The third-order valence-corrected chi connectivity index (χ3v) is 4.12. The highest BCUT2D eigenvalue weighted by atomic mass is 16.5. The van der Waals surface area contributed by atoms with Crippen LogP contribution in [0.1, 0.15) is 29.8 Å². The fourth-order valence-electron chi connectivity index (χ4n) is 2.53. The minimum atomic E-state index is -0.315. The number of urea groups is 1. The molecule has 0 spiro atoms. The normalized spacial score (nSPS) is 10.2. The van der Waals surface area contributed by atoms with E-state index in [1.54, 1.807) is 29.2 Å². The van der Waals surface area contributed by atoms with Crippen molar-refractivity contribution in [1.29, 1.82) is 0 Å². The largest absolute Gasteiger partial charge is 0.492 e. The zero-order chi connectivity index (χ0) is 19.6. The predicted octanol–water partition coefficient (Wildman–Crippen LogP) is 3.68. The molecule has 0 atom stereocenters. The first-order chi connectivity index (χ1) is 13.0. The van der Waals surface area contributed by atoms with Crippen LogP contribution in [-0.4, -0.2) is 43.1 Å². The van der Waals surface area contributed by atoms with Gasteiger partial charge in [0.2, 0.25) is 0 Å². The summed E-state index contributed by atoms with van der Waals surface area (Å²) in [7, 11) is 0. The van der Waals surface area contributed by atoms with Crippen molar-refractivity contribution >= 4 is 17.6 Å². The molecule has 0 radical (unpaired) electrons. The van der Waals surface area contributed by atoms with Gasteiger partial charge in [0, 0.05) is 24.3 Å². The van der Waals surface area contributed by atoms with E-state index < -0.39 is 0 Å². The van der Waals surface area contributed by atoms with Crippen LogP contribution < -0.4 is 15.4 Å². The summed E-state index contributed by atoms with van der Waals surface area (Å²) in [5.41, 5.74) is 2.41. The second-order valence-electron chi connectivity index (χ2n) is 6.10. The van der Waals surface area contributed by atoms with Crippen LogP contribution in [0.25, 0.3) is 0 Å². The minimum Gasteiger partial charge on any atom is -0.492 e. The van der Waals surface area contributed by atoms with Gasteiger partial charge in [0.25, 0.3) is 5.91 Å². The van der Waals surface area contributed by atoms with E-state index in [4.69, 9.17) is 4.74 Å². The van der Waals surface area contributed by atoms with Crippen molar-refractivity contribution in [2.24, 2.45) is 0 Å². The number of nitrogens with zero attached hydrogens (tertiary/aromatic N) is 1. The molecule has 0 heterocycles. The molecular weight excluding hydrogens is 342 g/mol. The highest BCUT2D eigenvalue weighted by Crippen LogP contribution is 2.12. The van der Waals surface area contributed by atoms with Crippen LogP contribution >= 0.6 is 0 Å². The Bertz CT molecular complexity index is 738. The summed E-state index contributed by atoms with van der Waals surface area (Å²) < 4.78 is 5.56. The lowest BCUT2D eigenvalue weighted by Gasteiger charge is -2.18. The average molecular weight is 369 g/mol. The number of rotatable bonds is 8. The number of carbonyl (C=O) groups is 2. The van der Waals surface area contributed by atoms with Crippen LogP contribution in [0.3, 0.4) is 0 Å². The van der Waals surface area contributed by atoms with Gasteiger partial charge in [-0.25, -0.2) is 4.79 Å². The molecule has 2 rings (SSSR count). The molecule has 0 saturated heterocycles. The number of benzene rings is 2. The van der Waals surface area contributed by atoms with Crippen molar-refractivity contribution in [2.45, 2.75) is 20.8 Å². The topological polar surface area (TPSA) is 70.7 Å². The molecule has 0 fully saturated rings. The second kappa shape index (κ2) is 10.2. The number of amides is 3. The Kier molecular flexibility index (Phi) is 7.67. The first kappa shape index (κ1) is 20.3. The lowest BCUT2D eigenvalue weighted by atomic mass is 10.2. The number of anilines is 1. The van der Waals surface area contributed by atoms with Gasteiger partial charge in [-0.3, -0.25) is 4.79 Å². The summed E-state index contributed by atoms with van der Waals surface area (Å²) in [6.07, 6.45) is 0. The molecule has 0 bridgehead atoms. The summed E-state index contributed by atoms with van der Waals surface area (Å²) in [4.78, 5) is 26.0. The van der Waals surface area contributed by atoms with E-state index in [0.717, 1.165) is 5.75 Å². The highest BCUT2D eigenvalue weighted by Gasteiger charge is 2.12. The van der Waals surface area contributed by atoms with E-state index in [2.05, 4.69) is 10.6 Å². The molecule has 2 aromatic rings. The Hall–Kier alpha value is -3.02. The first-order valence-corrected chi connectivity index (χ1v) is 9.17. The quantitative estimate of drug-likeness (QED) is 0.698. The smallest absolute Gasteiger partial charge is 0.319 e. The number of aryl methyl sites for hydroxylation is 1. The van der Waals surface area contributed by atoms with Crippen LogP contribution in [0.2, 0.25) is 0 Å². The highest BCUT2D eigenvalue weighted by molar-refractivity contribution is 5.95. The third kappa shape index (κ3) is 6.33. The molecule has 144 valence electrons. The summed E-state index contributed by atoms with van der Waals surface area (Å²) in [6.45, 7) is 8.02. The van der Waals surface area contributed by atoms with Crippen molar-refractivity contribution in [3.05, 3.63) is 59.7 Å². The Balaban J connectivity index is 1.75. The van der Waals surface area contributed by atoms with Crippen LogP contribution in [-0.2, 0) is 0 Å². The Morgan fingerprint density at radius 1 is 0.963 bits per heavy atom. The van der Waals surface area contributed by atoms with Crippen molar-refractivity contribution in [1.82, 2.24) is 10.2 Å². The number of carbonyl (C=O) groups excluding carboxylic acids is 2. The fourth-order valence-corrected chi connectivity index (χ4v) is 2.53. The zero-order valence-electron chi connectivity index (χ0n) is 16.1. The van der Waals surface area contributed by atoms with E-state index in [0.29, 0.717) is 37.5 Å². The maximum absolute atomic E-state index is 12.3. The Morgan fingerprint density at radius 2 is 1.59 bits per heavy atom. The lowest BCUT2D eigenvalue weighted by molar-refractivity contribution is 0.0773. The molecule has 0 aliphatic carbocycles. The van der Waals surface area contributed by atoms with Gasteiger partial charge in [0.1, 0.15) is 12.4 Å². The second-order valence-corrected chi connectivity index (χ2v) is 6.10. The molecule has 0 aliphatic rings. The standard InChI is InChI=1S/C21H27N3O3/c1-4-24(5-2)20(25)17-8-10-18(11-9-17)23-21(26)22-14-15-27-19-12-6-16(3)7-13-19/h6-13H,4-5,14-15H2,1-3H3,(H2,22,23,26). The number of hydrogen-bond acceptors (Lipinski definition) is 3. The maximum Gasteiger partial charge on any atom is 0.319 e. The van der Waals surface area contributed by atoms with E-state index >= 15 is 0 Å². The molecule has 0 aromatic heterocycles. The van der Waals surface area contributed by atoms with Gasteiger partial charge >= 0.3 is 6.03 Å². The average Bonchev–Trinajstić information content (AvgIpc) is 2.68. The number of hydrogen-bond donors (Lipinski definition) is 2. The van der Waals surface area contributed by atoms with E-state index in [-0.39, 0.29) is 11.9 Å². The molecule has 0 aliphatic heterocycles. The molecule has 27 heavy (non-hydrogen) atoms. The van der Waals surface area contributed by atoms with Gasteiger partial charge in [-0.15, -0.1) is 0 Å². The number of nitrogens with one attached hydrogen (secondary N) is 2. The first-order valence-electron chi connectivity index (χ1n) is 9.17. The minimum absolute atomic E-state index is 0.00995. The van der Waals surface area contributed by atoms with Gasteiger partial charge in [-0.05, 0) is 57.2 Å². The van der Waals surface area contributed by atoms with Crippen LogP contribution in [0, 0.1) is 6.92 Å². The van der Waals surface area contributed by atoms with Crippen molar-refractivity contribution in [3.8, 4) is 5.75 Å². The SMILES string of the molecule is CCN(CC)C(=O)c1ccc(NC(=O)NCCOc2ccc(C)cc2)cc1. The molecule has 0 saturated carbocycles. The molecule has 2 N–H and O–H groups in total.